The lowest BCUT2D eigenvalue weighted by Gasteiger charge is -2.23. The second kappa shape index (κ2) is 5.77. The first-order chi connectivity index (χ1) is 8.78. The zero-order valence-corrected chi connectivity index (χ0v) is 11.3. The summed E-state index contributed by atoms with van der Waals surface area (Å²) in [6.07, 6.45) is 2.32. The van der Waals surface area contributed by atoms with E-state index in [-0.39, 0.29) is 10.5 Å². The van der Waals surface area contributed by atoms with Crippen molar-refractivity contribution in [2.45, 2.75) is 24.8 Å². The molecule has 19 heavy (non-hydrogen) atoms. The molecule has 0 spiro atoms. The van der Waals surface area contributed by atoms with Crippen molar-refractivity contribution in [3.8, 4) is 6.07 Å². The normalized spacial score (nSPS) is 11.5. The third-order valence-electron chi connectivity index (χ3n) is 2.32. The van der Waals surface area contributed by atoms with Gasteiger partial charge in [0.05, 0.1) is 5.56 Å². The van der Waals surface area contributed by atoms with Crippen LogP contribution in [0, 0.1) is 11.3 Å². The van der Waals surface area contributed by atoms with E-state index in [9.17, 15) is 13.2 Å². The first kappa shape index (κ1) is 15.1. The van der Waals surface area contributed by atoms with Crippen LogP contribution < -0.4 is 0 Å². The van der Waals surface area contributed by atoms with Gasteiger partial charge < -0.3 is 5.11 Å². The summed E-state index contributed by atoms with van der Waals surface area (Å²) in [4.78, 5) is 14.2. The lowest BCUT2D eigenvalue weighted by molar-refractivity contribution is -0.137. The summed E-state index contributed by atoms with van der Waals surface area (Å²) in [6, 6.07) is 2.43. The number of sulfonamides is 1. The number of carboxylic acids is 1. The standard InChI is InChI=1S/C11H13N3O4S/c1-8(2)14(7-11(15)16)19(17,18)10-3-9(4-12)5-13-6-10/h3,5-6,8H,7H2,1-2H3,(H,15,16). The van der Waals surface area contributed by atoms with Crippen LogP contribution in [-0.4, -0.2) is 41.4 Å². The molecule has 1 aromatic rings. The summed E-state index contributed by atoms with van der Waals surface area (Å²) in [6.45, 7) is 2.50. The van der Waals surface area contributed by atoms with Gasteiger partial charge in [0.1, 0.15) is 17.5 Å². The first-order valence-electron chi connectivity index (χ1n) is 5.38. The minimum absolute atomic E-state index is 0.0973. The number of pyridine rings is 1. The average Bonchev–Trinajstić information content (AvgIpc) is 2.35. The Morgan fingerprint density at radius 1 is 1.53 bits per heavy atom. The minimum atomic E-state index is -3.99. The predicted octanol–water partition coefficient (Wildman–Crippen LogP) is 0.437. The topological polar surface area (TPSA) is 111 Å². The second-order valence-corrected chi connectivity index (χ2v) is 5.95. The maximum Gasteiger partial charge on any atom is 0.318 e. The number of aromatic nitrogens is 1. The zero-order chi connectivity index (χ0) is 14.6. The van der Waals surface area contributed by atoms with Gasteiger partial charge in [-0.1, -0.05) is 0 Å². The largest absolute Gasteiger partial charge is 0.480 e. The molecule has 0 unspecified atom stereocenters. The summed E-state index contributed by atoms with van der Waals surface area (Å²) < 4.78 is 25.4. The molecule has 0 saturated heterocycles. The molecular formula is C11H13N3O4S. The molecule has 0 aromatic carbocycles. The van der Waals surface area contributed by atoms with Crippen LogP contribution in [0.4, 0.5) is 0 Å². The van der Waals surface area contributed by atoms with Crippen molar-refractivity contribution in [1.29, 1.82) is 5.26 Å². The summed E-state index contributed by atoms with van der Waals surface area (Å²) in [5.41, 5.74) is 0.0973. The monoisotopic (exact) mass is 283 g/mol. The van der Waals surface area contributed by atoms with Crippen LogP contribution in [0.25, 0.3) is 0 Å². The van der Waals surface area contributed by atoms with Crippen LogP contribution in [0.1, 0.15) is 19.4 Å². The quantitative estimate of drug-likeness (QED) is 0.839. The van der Waals surface area contributed by atoms with E-state index in [1.54, 1.807) is 19.9 Å². The number of nitrogens with zero attached hydrogens (tertiary/aromatic N) is 3. The van der Waals surface area contributed by atoms with Gasteiger partial charge in [-0.3, -0.25) is 9.78 Å². The van der Waals surface area contributed by atoms with E-state index in [1.165, 1.54) is 12.3 Å². The van der Waals surface area contributed by atoms with E-state index >= 15 is 0 Å². The molecule has 0 saturated carbocycles. The average molecular weight is 283 g/mol. The molecule has 102 valence electrons. The summed E-state index contributed by atoms with van der Waals surface area (Å²) in [5, 5.41) is 17.5. The van der Waals surface area contributed by atoms with Crippen LogP contribution in [0.2, 0.25) is 0 Å². The van der Waals surface area contributed by atoms with Gasteiger partial charge in [-0.15, -0.1) is 0 Å². The Kier molecular flexibility index (Phi) is 4.58. The van der Waals surface area contributed by atoms with Crippen molar-refractivity contribution in [1.82, 2.24) is 9.29 Å². The SMILES string of the molecule is CC(C)N(CC(=O)O)S(=O)(=O)c1cncc(C#N)c1. The molecule has 1 heterocycles. The van der Waals surface area contributed by atoms with E-state index < -0.39 is 28.6 Å². The second-order valence-electron chi connectivity index (χ2n) is 4.06. The van der Waals surface area contributed by atoms with E-state index in [0.29, 0.717) is 0 Å². The number of carboxylic acid groups (broad SMARTS) is 1. The Morgan fingerprint density at radius 3 is 2.63 bits per heavy atom. The minimum Gasteiger partial charge on any atom is -0.480 e. The van der Waals surface area contributed by atoms with Gasteiger partial charge in [0, 0.05) is 18.4 Å². The van der Waals surface area contributed by atoms with Gasteiger partial charge in [0.2, 0.25) is 10.0 Å². The highest BCUT2D eigenvalue weighted by Crippen LogP contribution is 2.18. The molecular weight excluding hydrogens is 270 g/mol. The molecule has 1 rings (SSSR count). The maximum atomic E-state index is 12.3. The van der Waals surface area contributed by atoms with Gasteiger partial charge in [-0.25, -0.2) is 8.42 Å². The molecule has 8 heteroatoms. The smallest absolute Gasteiger partial charge is 0.318 e. The van der Waals surface area contributed by atoms with Gasteiger partial charge in [0.25, 0.3) is 0 Å². The summed E-state index contributed by atoms with van der Waals surface area (Å²) in [5.74, 6) is -1.25. The molecule has 1 N–H and O–H groups in total. The lowest BCUT2D eigenvalue weighted by atomic mass is 10.3. The number of rotatable bonds is 5. The van der Waals surface area contributed by atoms with Crippen LogP contribution in [0.15, 0.2) is 23.4 Å². The number of hydrogen-bond acceptors (Lipinski definition) is 5. The van der Waals surface area contributed by atoms with Crippen molar-refractivity contribution >= 4 is 16.0 Å². The van der Waals surface area contributed by atoms with Crippen molar-refractivity contribution in [3.05, 3.63) is 24.0 Å². The summed E-state index contributed by atoms with van der Waals surface area (Å²) in [7, 11) is -3.99. The molecule has 0 aliphatic carbocycles. The summed E-state index contributed by atoms with van der Waals surface area (Å²) >= 11 is 0. The van der Waals surface area contributed by atoms with Crippen LogP contribution in [0.5, 0.6) is 0 Å². The highest BCUT2D eigenvalue weighted by Gasteiger charge is 2.29. The third-order valence-corrected chi connectivity index (χ3v) is 4.30. The van der Waals surface area contributed by atoms with E-state index in [0.717, 1.165) is 10.5 Å². The van der Waals surface area contributed by atoms with Crippen molar-refractivity contribution in [2.24, 2.45) is 0 Å². The first-order valence-corrected chi connectivity index (χ1v) is 6.82. The predicted molar refractivity (Wildman–Crippen MR) is 65.6 cm³/mol. The Morgan fingerprint density at radius 2 is 2.16 bits per heavy atom. The highest BCUT2D eigenvalue weighted by atomic mass is 32.2. The van der Waals surface area contributed by atoms with E-state index in [2.05, 4.69) is 4.98 Å². The van der Waals surface area contributed by atoms with Crippen LogP contribution in [0.3, 0.4) is 0 Å². The molecule has 0 aliphatic rings. The van der Waals surface area contributed by atoms with Crippen molar-refractivity contribution < 1.29 is 18.3 Å². The zero-order valence-electron chi connectivity index (χ0n) is 10.4. The molecule has 0 fully saturated rings. The lowest BCUT2D eigenvalue weighted by Crippen LogP contribution is -2.40. The molecule has 0 radical (unpaired) electrons. The van der Waals surface area contributed by atoms with E-state index in [1.807, 2.05) is 0 Å². The van der Waals surface area contributed by atoms with Gasteiger partial charge in [0.15, 0.2) is 0 Å². The van der Waals surface area contributed by atoms with Crippen LogP contribution in [-0.2, 0) is 14.8 Å². The van der Waals surface area contributed by atoms with Gasteiger partial charge in [-0.2, -0.15) is 9.57 Å². The van der Waals surface area contributed by atoms with Crippen LogP contribution >= 0.6 is 0 Å². The molecule has 1 aromatic heterocycles. The number of hydrogen-bond donors (Lipinski definition) is 1. The Bertz CT molecular complexity index is 619. The Hall–Kier alpha value is -1.98. The van der Waals surface area contributed by atoms with E-state index in [4.69, 9.17) is 10.4 Å². The van der Waals surface area contributed by atoms with Gasteiger partial charge in [-0.05, 0) is 19.9 Å². The van der Waals surface area contributed by atoms with Gasteiger partial charge >= 0.3 is 5.97 Å². The third kappa shape index (κ3) is 3.49. The Labute approximate surface area is 111 Å². The fourth-order valence-electron chi connectivity index (χ4n) is 1.43. The molecule has 7 nitrogen and oxygen atoms in total. The number of nitriles is 1. The number of aliphatic carboxylic acids is 1. The highest BCUT2D eigenvalue weighted by molar-refractivity contribution is 7.89. The molecule has 0 atom stereocenters. The van der Waals surface area contributed by atoms with Crippen molar-refractivity contribution in [2.75, 3.05) is 6.54 Å². The Balaban J connectivity index is 3.27. The molecule has 0 bridgehead atoms. The molecule has 0 amide bonds. The maximum absolute atomic E-state index is 12.3. The fraction of sp³-hybridized carbons (Fsp3) is 0.364. The van der Waals surface area contributed by atoms with Crippen molar-refractivity contribution in [3.63, 3.8) is 0 Å². The molecule has 0 aliphatic heterocycles. The number of carbonyl (C=O) groups is 1. The fourth-order valence-corrected chi connectivity index (χ4v) is 3.01.